The van der Waals surface area contributed by atoms with Crippen molar-refractivity contribution < 1.29 is 9.59 Å². The minimum atomic E-state index is -0.0737. The van der Waals surface area contributed by atoms with Gasteiger partial charge in [0.05, 0.1) is 18.3 Å². The first-order chi connectivity index (χ1) is 12.5. The fourth-order valence-electron chi connectivity index (χ4n) is 4.09. The number of nitrogens with one attached hydrogen (secondary N) is 1. The zero-order valence-corrected chi connectivity index (χ0v) is 16.0. The number of carbonyl (C=O) groups is 2. The van der Waals surface area contributed by atoms with Gasteiger partial charge in [0, 0.05) is 39.5 Å². The first-order valence-corrected chi connectivity index (χ1v) is 9.57. The molecular formula is C19H29N5O2. The van der Waals surface area contributed by atoms with Gasteiger partial charge in [-0.25, -0.2) is 9.97 Å². The Balaban J connectivity index is 1.79. The highest BCUT2D eigenvalue weighted by molar-refractivity contribution is 5.78. The van der Waals surface area contributed by atoms with Crippen molar-refractivity contribution in [1.29, 1.82) is 0 Å². The molecular weight excluding hydrogens is 330 g/mol. The molecule has 3 rings (SSSR count). The van der Waals surface area contributed by atoms with E-state index in [-0.39, 0.29) is 23.8 Å². The Morgan fingerprint density at radius 2 is 1.96 bits per heavy atom. The number of carbonyl (C=O) groups excluding carboxylic acids is 2. The van der Waals surface area contributed by atoms with E-state index in [4.69, 9.17) is 4.98 Å². The maximum Gasteiger partial charge on any atom is 0.225 e. The van der Waals surface area contributed by atoms with Crippen LogP contribution in [0.15, 0.2) is 6.07 Å². The Bertz CT molecular complexity index is 672. The second kappa shape index (κ2) is 8.01. The highest BCUT2D eigenvalue weighted by Gasteiger charge is 2.31. The lowest BCUT2D eigenvalue weighted by Gasteiger charge is -2.24. The molecule has 1 aromatic rings. The topological polar surface area (TPSA) is 78.4 Å². The Morgan fingerprint density at radius 1 is 1.23 bits per heavy atom. The number of amides is 2. The molecule has 0 radical (unpaired) electrons. The van der Waals surface area contributed by atoms with Gasteiger partial charge in [0.25, 0.3) is 0 Å². The van der Waals surface area contributed by atoms with Gasteiger partial charge in [-0.2, -0.15) is 0 Å². The first-order valence-electron chi connectivity index (χ1n) is 9.57. The fourth-order valence-corrected chi connectivity index (χ4v) is 4.09. The molecule has 1 aliphatic carbocycles. The predicted molar refractivity (Wildman–Crippen MR) is 99.4 cm³/mol. The third-order valence-corrected chi connectivity index (χ3v) is 5.49. The van der Waals surface area contributed by atoms with Crippen molar-refractivity contribution in [2.45, 2.75) is 58.0 Å². The van der Waals surface area contributed by atoms with Gasteiger partial charge in [-0.1, -0.05) is 12.8 Å². The van der Waals surface area contributed by atoms with Gasteiger partial charge in [-0.05, 0) is 25.7 Å². The van der Waals surface area contributed by atoms with Crippen molar-refractivity contribution in [1.82, 2.24) is 19.8 Å². The predicted octanol–water partition coefficient (Wildman–Crippen LogP) is 2.35. The van der Waals surface area contributed by atoms with Crippen LogP contribution in [0.25, 0.3) is 0 Å². The largest absolute Gasteiger partial charge is 0.373 e. The summed E-state index contributed by atoms with van der Waals surface area (Å²) in [6.07, 6.45) is 6.13. The van der Waals surface area contributed by atoms with Crippen LogP contribution in [0.1, 0.15) is 63.0 Å². The van der Waals surface area contributed by atoms with Gasteiger partial charge >= 0.3 is 0 Å². The highest BCUT2D eigenvalue weighted by atomic mass is 16.2. The molecule has 1 N–H and O–H groups in total. The summed E-state index contributed by atoms with van der Waals surface area (Å²) < 4.78 is 0. The standard InChI is InChI=1S/C19H29N5O2/c1-13(25)24-10-6-9-16(24)18-21-15(11-17(20-2)22-18)12-23(3)19(26)14-7-4-5-8-14/h11,14,16H,4-10,12H2,1-3H3,(H,20,21,22). The second-order valence-corrected chi connectivity index (χ2v) is 7.40. The lowest BCUT2D eigenvalue weighted by Crippen LogP contribution is -2.32. The number of hydrogen-bond acceptors (Lipinski definition) is 5. The summed E-state index contributed by atoms with van der Waals surface area (Å²) >= 11 is 0. The van der Waals surface area contributed by atoms with E-state index in [1.165, 1.54) is 0 Å². The van der Waals surface area contributed by atoms with Gasteiger partial charge in [-0.15, -0.1) is 0 Å². The van der Waals surface area contributed by atoms with Gasteiger partial charge in [0.1, 0.15) is 5.82 Å². The van der Waals surface area contributed by atoms with E-state index in [0.29, 0.717) is 12.4 Å². The maximum absolute atomic E-state index is 12.6. The van der Waals surface area contributed by atoms with Crippen molar-refractivity contribution in [3.63, 3.8) is 0 Å². The molecule has 1 unspecified atom stereocenters. The lowest BCUT2D eigenvalue weighted by atomic mass is 10.1. The number of hydrogen-bond donors (Lipinski definition) is 1. The molecule has 1 atom stereocenters. The SMILES string of the molecule is CNc1cc(CN(C)C(=O)C2CCCC2)nc(C2CCCN2C(C)=O)n1. The molecule has 2 amide bonds. The number of aromatic nitrogens is 2. The summed E-state index contributed by atoms with van der Waals surface area (Å²) in [6, 6.07) is 1.81. The van der Waals surface area contributed by atoms with Gasteiger partial charge in [0.2, 0.25) is 11.8 Å². The van der Waals surface area contributed by atoms with Crippen LogP contribution in [0.4, 0.5) is 5.82 Å². The third-order valence-electron chi connectivity index (χ3n) is 5.49. The molecule has 142 valence electrons. The Hall–Kier alpha value is -2.18. The van der Waals surface area contributed by atoms with Crippen LogP contribution in [-0.2, 0) is 16.1 Å². The molecule has 0 spiro atoms. The van der Waals surface area contributed by atoms with Gasteiger partial charge in [-0.3, -0.25) is 9.59 Å². The lowest BCUT2D eigenvalue weighted by molar-refractivity contribution is -0.134. The van der Waals surface area contributed by atoms with Crippen LogP contribution in [0.5, 0.6) is 0 Å². The molecule has 7 nitrogen and oxygen atoms in total. The van der Waals surface area contributed by atoms with E-state index >= 15 is 0 Å². The molecule has 26 heavy (non-hydrogen) atoms. The number of likely N-dealkylation sites (tertiary alicyclic amines) is 1. The molecule has 2 aliphatic rings. The molecule has 0 aromatic carbocycles. The van der Waals surface area contributed by atoms with E-state index in [2.05, 4.69) is 10.3 Å². The number of nitrogens with zero attached hydrogens (tertiary/aromatic N) is 4. The summed E-state index contributed by atoms with van der Waals surface area (Å²) in [7, 11) is 3.67. The van der Waals surface area contributed by atoms with Crippen molar-refractivity contribution in [2.24, 2.45) is 5.92 Å². The molecule has 2 fully saturated rings. The van der Waals surface area contributed by atoms with Gasteiger partial charge < -0.3 is 15.1 Å². The molecule has 1 aliphatic heterocycles. The van der Waals surface area contributed by atoms with Crippen LogP contribution in [-0.4, -0.2) is 52.2 Å². The molecule has 1 saturated heterocycles. The monoisotopic (exact) mass is 359 g/mol. The minimum Gasteiger partial charge on any atom is -0.373 e. The van der Waals surface area contributed by atoms with E-state index in [0.717, 1.165) is 56.6 Å². The Morgan fingerprint density at radius 3 is 2.62 bits per heavy atom. The molecule has 7 heteroatoms. The smallest absolute Gasteiger partial charge is 0.225 e. The highest BCUT2D eigenvalue weighted by Crippen LogP contribution is 2.31. The van der Waals surface area contributed by atoms with Gasteiger partial charge in [0.15, 0.2) is 5.82 Å². The van der Waals surface area contributed by atoms with Crippen LogP contribution >= 0.6 is 0 Å². The van der Waals surface area contributed by atoms with Crippen molar-refractivity contribution in [2.75, 3.05) is 26.0 Å². The van der Waals surface area contributed by atoms with Crippen LogP contribution in [0.2, 0.25) is 0 Å². The van der Waals surface area contributed by atoms with Crippen molar-refractivity contribution in [3.05, 3.63) is 17.6 Å². The summed E-state index contributed by atoms with van der Waals surface area (Å²) in [5.74, 6) is 1.82. The van der Waals surface area contributed by atoms with E-state index in [9.17, 15) is 9.59 Å². The van der Waals surface area contributed by atoms with Crippen molar-refractivity contribution in [3.8, 4) is 0 Å². The molecule has 0 bridgehead atoms. The Labute approximate surface area is 155 Å². The quantitative estimate of drug-likeness (QED) is 0.873. The van der Waals surface area contributed by atoms with E-state index < -0.39 is 0 Å². The third kappa shape index (κ3) is 3.97. The zero-order valence-electron chi connectivity index (χ0n) is 16.0. The number of anilines is 1. The first kappa shape index (κ1) is 18.6. The zero-order chi connectivity index (χ0) is 18.7. The Kier molecular flexibility index (Phi) is 5.74. The minimum absolute atomic E-state index is 0.0565. The second-order valence-electron chi connectivity index (χ2n) is 7.40. The molecule has 2 heterocycles. The normalized spacial score (nSPS) is 20.4. The van der Waals surface area contributed by atoms with Crippen molar-refractivity contribution >= 4 is 17.6 Å². The average molecular weight is 359 g/mol. The summed E-state index contributed by atoms with van der Waals surface area (Å²) in [5.41, 5.74) is 0.809. The average Bonchev–Trinajstić information content (AvgIpc) is 3.32. The van der Waals surface area contributed by atoms with Crippen LogP contribution in [0.3, 0.4) is 0 Å². The molecule has 1 saturated carbocycles. The summed E-state index contributed by atoms with van der Waals surface area (Å²) in [5, 5.41) is 3.07. The summed E-state index contributed by atoms with van der Waals surface area (Å²) in [4.78, 5) is 37.4. The number of rotatable bonds is 5. The van der Waals surface area contributed by atoms with Crippen LogP contribution < -0.4 is 5.32 Å². The van der Waals surface area contributed by atoms with E-state index in [1.54, 1.807) is 11.8 Å². The van der Waals surface area contributed by atoms with E-state index in [1.807, 2.05) is 25.1 Å². The fraction of sp³-hybridized carbons (Fsp3) is 0.684. The van der Waals surface area contributed by atoms with Crippen LogP contribution in [0, 0.1) is 5.92 Å². The summed E-state index contributed by atoms with van der Waals surface area (Å²) in [6.45, 7) is 2.81. The maximum atomic E-state index is 12.6. The molecule has 1 aromatic heterocycles.